The summed E-state index contributed by atoms with van der Waals surface area (Å²) < 4.78 is 12.3. The number of anilines is 1. The van der Waals surface area contributed by atoms with Gasteiger partial charge >= 0.3 is 6.03 Å². The highest BCUT2D eigenvalue weighted by Gasteiger charge is 2.38. The molecule has 2 fully saturated rings. The molecular formula is C18H21N3O2S2. The van der Waals surface area contributed by atoms with Crippen LogP contribution >= 0.6 is 11.3 Å². The van der Waals surface area contributed by atoms with Gasteiger partial charge in [-0.05, 0) is 32.3 Å². The normalized spacial score (nSPS) is 25.6. The van der Waals surface area contributed by atoms with Crippen LogP contribution in [0.5, 0.6) is 0 Å². The number of para-hydroxylation sites is 1. The third-order valence-corrected chi connectivity index (χ3v) is 7.91. The molecule has 2 aliphatic rings. The molecule has 1 aromatic heterocycles. The zero-order valence-corrected chi connectivity index (χ0v) is 15.7. The Balaban J connectivity index is 1.53. The van der Waals surface area contributed by atoms with E-state index in [1.54, 1.807) is 11.3 Å². The van der Waals surface area contributed by atoms with E-state index < -0.39 is 10.8 Å². The number of benzene rings is 1. The van der Waals surface area contributed by atoms with Gasteiger partial charge in [0.15, 0.2) is 0 Å². The van der Waals surface area contributed by atoms with Crippen LogP contribution in [0.2, 0.25) is 0 Å². The molecule has 0 aliphatic carbocycles. The van der Waals surface area contributed by atoms with Crippen molar-refractivity contribution in [3.63, 3.8) is 0 Å². The minimum Gasteiger partial charge on any atom is -0.323 e. The summed E-state index contributed by atoms with van der Waals surface area (Å²) in [6, 6.07) is 7.64. The third-order valence-electron chi connectivity index (χ3n) is 4.96. The van der Waals surface area contributed by atoms with Crippen molar-refractivity contribution in [1.29, 1.82) is 0 Å². The summed E-state index contributed by atoms with van der Waals surface area (Å²) in [6.45, 7) is 3.24. The summed E-state index contributed by atoms with van der Waals surface area (Å²) >= 11 is 1.60. The van der Waals surface area contributed by atoms with Gasteiger partial charge in [-0.3, -0.25) is 4.21 Å². The lowest BCUT2D eigenvalue weighted by atomic mass is 10.1. The van der Waals surface area contributed by atoms with Crippen LogP contribution in [0.15, 0.2) is 29.6 Å². The van der Waals surface area contributed by atoms with Gasteiger partial charge in [-0.25, -0.2) is 9.78 Å². The van der Waals surface area contributed by atoms with Gasteiger partial charge in [0.2, 0.25) is 0 Å². The van der Waals surface area contributed by atoms with Gasteiger partial charge in [0.1, 0.15) is 0 Å². The van der Waals surface area contributed by atoms with Crippen LogP contribution < -0.4 is 5.32 Å². The van der Waals surface area contributed by atoms with Crippen LogP contribution in [0, 0.1) is 6.92 Å². The van der Waals surface area contributed by atoms with Crippen molar-refractivity contribution < 1.29 is 9.00 Å². The number of aromatic nitrogens is 1. The maximum atomic E-state index is 12.8. The first-order chi connectivity index (χ1) is 12.1. The zero-order chi connectivity index (χ0) is 17.4. The summed E-state index contributed by atoms with van der Waals surface area (Å²) in [5.74, 6) is 0. The standard InChI is InChI=1S/C18H21N3O2S2/c1-12-19-17(11-24-12)15-4-2-3-5-16(15)20-18(22)21-9-8-13-6-7-14(10-21)25(13)23/h2-5,11,13-14H,6-10H2,1H3,(H,20,22). The Labute approximate surface area is 153 Å². The number of thiazole rings is 1. The molecule has 0 spiro atoms. The second-order valence-corrected chi connectivity index (χ2v) is 9.66. The minimum atomic E-state index is -0.781. The number of amides is 2. The number of nitrogens with zero attached hydrogens (tertiary/aromatic N) is 2. The van der Waals surface area contributed by atoms with E-state index in [0.29, 0.717) is 13.1 Å². The zero-order valence-electron chi connectivity index (χ0n) is 14.1. The number of hydrogen-bond acceptors (Lipinski definition) is 4. The van der Waals surface area contributed by atoms with Gasteiger partial charge in [-0.2, -0.15) is 0 Å². The molecule has 1 N–H and O–H groups in total. The second-order valence-electron chi connectivity index (χ2n) is 6.61. The summed E-state index contributed by atoms with van der Waals surface area (Å²) in [6.07, 6.45) is 2.85. The number of likely N-dealkylation sites (tertiary alicyclic amines) is 1. The third kappa shape index (κ3) is 3.35. The van der Waals surface area contributed by atoms with Gasteiger partial charge in [0.05, 0.1) is 21.6 Å². The molecule has 2 bridgehead atoms. The summed E-state index contributed by atoms with van der Waals surface area (Å²) in [4.78, 5) is 19.1. The minimum absolute atomic E-state index is 0.107. The van der Waals surface area contributed by atoms with Gasteiger partial charge < -0.3 is 10.2 Å². The lowest BCUT2D eigenvalue weighted by Gasteiger charge is -2.24. The van der Waals surface area contributed by atoms with Crippen molar-refractivity contribution in [3.05, 3.63) is 34.7 Å². The molecule has 2 saturated heterocycles. The summed E-state index contributed by atoms with van der Waals surface area (Å²) in [5, 5.41) is 6.46. The van der Waals surface area contributed by atoms with Crippen molar-refractivity contribution in [2.45, 2.75) is 36.7 Å². The molecular weight excluding hydrogens is 354 g/mol. The molecule has 0 saturated carbocycles. The first-order valence-electron chi connectivity index (χ1n) is 8.58. The molecule has 3 unspecified atom stereocenters. The van der Waals surface area contributed by atoms with E-state index in [1.807, 2.05) is 41.5 Å². The number of aryl methyl sites for hydroxylation is 1. The molecule has 3 atom stereocenters. The second kappa shape index (κ2) is 6.88. The maximum Gasteiger partial charge on any atom is 0.321 e. The Hall–Kier alpha value is -1.73. The number of carbonyl (C=O) groups is 1. The van der Waals surface area contributed by atoms with E-state index >= 15 is 0 Å². The van der Waals surface area contributed by atoms with Crippen molar-refractivity contribution in [2.75, 3.05) is 18.4 Å². The molecule has 2 amide bonds. The molecule has 0 radical (unpaired) electrons. The van der Waals surface area contributed by atoms with Crippen LogP contribution in [0.1, 0.15) is 24.3 Å². The van der Waals surface area contributed by atoms with Crippen molar-refractivity contribution in [2.24, 2.45) is 0 Å². The number of urea groups is 1. The fourth-order valence-electron chi connectivity index (χ4n) is 3.62. The highest BCUT2D eigenvalue weighted by Crippen LogP contribution is 2.31. The van der Waals surface area contributed by atoms with Crippen molar-refractivity contribution in [1.82, 2.24) is 9.88 Å². The number of fused-ring (bicyclic) bond motifs is 2. The van der Waals surface area contributed by atoms with Crippen LogP contribution in [-0.2, 0) is 10.8 Å². The van der Waals surface area contributed by atoms with E-state index in [4.69, 9.17) is 0 Å². The fraction of sp³-hybridized carbons (Fsp3) is 0.444. The van der Waals surface area contributed by atoms with Gasteiger partial charge in [-0.1, -0.05) is 18.2 Å². The van der Waals surface area contributed by atoms with Crippen molar-refractivity contribution >= 4 is 33.9 Å². The fourth-order valence-corrected chi connectivity index (χ4v) is 6.18. The van der Waals surface area contributed by atoms with Crippen molar-refractivity contribution in [3.8, 4) is 11.3 Å². The quantitative estimate of drug-likeness (QED) is 0.872. The van der Waals surface area contributed by atoms with E-state index in [0.717, 1.165) is 41.2 Å². The first kappa shape index (κ1) is 16.7. The van der Waals surface area contributed by atoms with Gasteiger partial charge in [0, 0.05) is 40.1 Å². The largest absolute Gasteiger partial charge is 0.323 e. The highest BCUT2D eigenvalue weighted by molar-refractivity contribution is 7.86. The molecule has 1 aromatic carbocycles. The van der Waals surface area contributed by atoms with E-state index in [1.165, 1.54) is 0 Å². The van der Waals surface area contributed by atoms with Crippen LogP contribution in [0.3, 0.4) is 0 Å². The molecule has 2 aromatic rings. The van der Waals surface area contributed by atoms with Gasteiger partial charge in [0.25, 0.3) is 0 Å². The van der Waals surface area contributed by atoms with Gasteiger partial charge in [-0.15, -0.1) is 11.3 Å². The lowest BCUT2D eigenvalue weighted by molar-refractivity contribution is 0.209. The smallest absolute Gasteiger partial charge is 0.321 e. The van der Waals surface area contributed by atoms with E-state index in [2.05, 4.69) is 10.3 Å². The Morgan fingerprint density at radius 2 is 2.08 bits per heavy atom. The van der Waals surface area contributed by atoms with Crippen LogP contribution in [0.25, 0.3) is 11.3 Å². The SMILES string of the molecule is Cc1nc(-c2ccccc2NC(=O)N2CCC3CCC(C2)S3=O)cs1. The topological polar surface area (TPSA) is 62.3 Å². The summed E-state index contributed by atoms with van der Waals surface area (Å²) in [5.41, 5.74) is 2.59. The average Bonchev–Trinajstić information content (AvgIpc) is 3.11. The van der Waals surface area contributed by atoms with Crippen LogP contribution in [0.4, 0.5) is 10.5 Å². The number of nitrogens with one attached hydrogen (secondary N) is 1. The number of rotatable bonds is 2. The summed E-state index contributed by atoms with van der Waals surface area (Å²) in [7, 11) is -0.781. The molecule has 4 rings (SSSR count). The monoisotopic (exact) mass is 375 g/mol. The number of carbonyl (C=O) groups excluding carboxylic acids is 1. The Morgan fingerprint density at radius 3 is 2.88 bits per heavy atom. The predicted octanol–water partition coefficient (Wildman–Crippen LogP) is 3.64. The Morgan fingerprint density at radius 1 is 1.28 bits per heavy atom. The molecule has 7 heteroatoms. The highest BCUT2D eigenvalue weighted by atomic mass is 32.2. The van der Waals surface area contributed by atoms with E-state index in [9.17, 15) is 9.00 Å². The van der Waals surface area contributed by atoms with E-state index in [-0.39, 0.29) is 16.5 Å². The molecule has 5 nitrogen and oxygen atoms in total. The molecule has 3 heterocycles. The number of hydrogen-bond donors (Lipinski definition) is 1. The first-order valence-corrected chi connectivity index (χ1v) is 10.7. The molecule has 2 aliphatic heterocycles. The molecule has 25 heavy (non-hydrogen) atoms. The predicted molar refractivity (Wildman–Crippen MR) is 102 cm³/mol. The molecule has 132 valence electrons. The average molecular weight is 376 g/mol. The Kier molecular flexibility index (Phi) is 4.60. The lowest BCUT2D eigenvalue weighted by Crippen LogP contribution is -2.40. The maximum absolute atomic E-state index is 12.8. The van der Waals surface area contributed by atoms with Crippen LogP contribution in [-0.4, -0.2) is 43.7 Å². The Bertz CT molecular complexity index is 820.